The molecule has 5 rings (SSSR count). The van der Waals surface area contributed by atoms with Crippen LogP contribution in [0.4, 0.5) is 0 Å². The molecule has 1 aliphatic rings. The van der Waals surface area contributed by atoms with Crippen LogP contribution in [0.5, 0.6) is 0 Å². The van der Waals surface area contributed by atoms with Crippen molar-refractivity contribution in [3.8, 4) is 0 Å². The molecule has 1 fully saturated rings. The van der Waals surface area contributed by atoms with Crippen molar-refractivity contribution in [3.05, 3.63) is 155 Å². The first kappa shape index (κ1) is 27.6. The summed E-state index contributed by atoms with van der Waals surface area (Å²) in [6.07, 6.45) is 0. The van der Waals surface area contributed by atoms with Gasteiger partial charge < -0.3 is 0 Å². The minimum absolute atomic E-state index is 0.126. The highest BCUT2D eigenvalue weighted by atomic mass is 35.5. The second-order valence-corrected chi connectivity index (χ2v) is 12.8. The summed E-state index contributed by atoms with van der Waals surface area (Å²) in [4.78, 5) is 2.47. The largest absolute Gasteiger partial charge is 0.297 e. The molecule has 0 spiro atoms. The van der Waals surface area contributed by atoms with Gasteiger partial charge >= 0.3 is 0 Å². The highest BCUT2D eigenvalue weighted by Crippen LogP contribution is 2.57. The maximum Gasteiger partial charge on any atom is 0.196 e. The van der Waals surface area contributed by atoms with E-state index < -0.39 is 7.29 Å². The lowest BCUT2D eigenvalue weighted by molar-refractivity contribution is 0.156. The first-order valence-corrected chi connectivity index (χ1v) is 15.7. The van der Waals surface area contributed by atoms with E-state index in [1.54, 1.807) is 11.6 Å². The van der Waals surface area contributed by atoms with Crippen LogP contribution < -0.4 is 0 Å². The van der Waals surface area contributed by atoms with Gasteiger partial charge in [-0.1, -0.05) is 145 Å². The Morgan fingerprint density at radius 2 is 0.949 bits per heavy atom. The van der Waals surface area contributed by atoms with Crippen molar-refractivity contribution in [1.29, 1.82) is 0 Å². The first-order valence-electron chi connectivity index (χ1n) is 13.1. The molecule has 0 radical (unpaired) electrons. The maximum absolute atomic E-state index is 14.7. The zero-order valence-corrected chi connectivity index (χ0v) is 24.0. The molecule has 0 aromatic heterocycles. The van der Waals surface area contributed by atoms with Gasteiger partial charge in [-0.2, -0.15) is 0 Å². The number of benzene rings is 4. The molecule has 6 heteroatoms. The Hall–Kier alpha value is -2.91. The van der Waals surface area contributed by atoms with E-state index in [1.807, 2.05) is 77.5 Å². The van der Waals surface area contributed by atoms with Crippen LogP contribution in [0.15, 0.2) is 133 Å². The lowest BCUT2D eigenvalue weighted by atomic mass is 9.96. The molecule has 0 saturated carbocycles. The Morgan fingerprint density at radius 1 is 0.590 bits per heavy atom. The molecule has 1 saturated heterocycles. The lowest BCUT2D eigenvalue weighted by Gasteiger charge is -2.41. The summed E-state index contributed by atoms with van der Waals surface area (Å²) in [6.45, 7) is 2.76. The van der Waals surface area contributed by atoms with Crippen LogP contribution in [0.2, 0.25) is 0 Å². The van der Waals surface area contributed by atoms with Crippen LogP contribution in [-0.4, -0.2) is 35.7 Å². The molecule has 0 unspecified atom stereocenters. The van der Waals surface area contributed by atoms with Crippen molar-refractivity contribution < 1.29 is 4.57 Å². The second kappa shape index (κ2) is 13.0. The van der Waals surface area contributed by atoms with Gasteiger partial charge in [-0.25, -0.2) is 4.67 Å². The summed E-state index contributed by atoms with van der Waals surface area (Å²) in [7, 11) is -3.22. The van der Waals surface area contributed by atoms with Gasteiger partial charge in [0, 0.05) is 37.8 Å². The number of hydrogen-bond acceptors (Lipinski definition) is 2. The zero-order valence-electron chi connectivity index (χ0n) is 21.6. The second-order valence-electron chi connectivity index (χ2n) is 9.57. The molecular weight excluding hydrogens is 542 g/mol. The average Bonchev–Trinajstić information content (AvgIpc) is 2.99. The monoisotopic (exact) mass is 572 g/mol. The van der Waals surface area contributed by atoms with Gasteiger partial charge in [-0.05, 0) is 22.3 Å². The molecule has 0 aliphatic carbocycles. The quantitative estimate of drug-likeness (QED) is 0.197. The summed E-state index contributed by atoms with van der Waals surface area (Å²) in [6, 6.07) is 40.6. The van der Waals surface area contributed by atoms with Crippen LogP contribution in [0.3, 0.4) is 0 Å². The topological polar surface area (TPSA) is 23.6 Å². The molecule has 39 heavy (non-hydrogen) atoms. The predicted octanol–water partition coefficient (Wildman–Crippen LogP) is 9.15. The van der Waals surface area contributed by atoms with Crippen LogP contribution in [0, 0.1) is 0 Å². The van der Waals surface area contributed by atoms with Gasteiger partial charge in [0.15, 0.2) is 7.29 Å². The number of piperazine rings is 1. The van der Waals surface area contributed by atoms with E-state index in [0.29, 0.717) is 23.2 Å². The van der Waals surface area contributed by atoms with Crippen LogP contribution >= 0.6 is 30.5 Å². The van der Waals surface area contributed by atoms with Crippen LogP contribution in [0.1, 0.15) is 28.3 Å². The molecule has 1 aliphatic heterocycles. The highest BCUT2D eigenvalue weighted by Gasteiger charge is 2.34. The van der Waals surface area contributed by atoms with E-state index in [4.69, 9.17) is 23.2 Å². The molecular formula is C33H31Cl2N2OP. The fourth-order valence-electron chi connectivity index (χ4n) is 5.04. The molecule has 1 heterocycles. The summed E-state index contributed by atoms with van der Waals surface area (Å²) in [5, 5.41) is 0.920. The summed E-state index contributed by atoms with van der Waals surface area (Å²) >= 11 is 13.5. The van der Waals surface area contributed by atoms with Crippen molar-refractivity contribution in [2.45, 2.75) is 6.04 Å². The third kappa shape index (κ3) is 6.81. The summed E-state index contributed by atoms with van der Waals surface area (Å²) in [5.74, 6) is 3.41. The predicted molar refractivity (Wildman–Crippen MR) is 166 cm³/mol. The zero-order chi connectivity index (χ0) is 27.1. The fourth-order valence-corrected chi connectivity index (χ4v) is 8.28. The lowest BCUT2D eigenvalue weighted by Crippen LogP contribution is -2.46. The van der Waals surface area contributed by atoms with Gasteiger partial charge in [-0.3, -0.25) is 9.46 Å². The van der Waals surface area contributed by atoms with E-state index >= 15 is 0 Å². The van der Waals surface area contributed by atoms with Crippen molar-refractivity contribution >= 4 is 40.6 Å². The average molecular weight is 574 g/mol. The van der Waals surface area contributed by atoms with Gasteiger partial charge in [0.25, 0.3) is 0 Å². The van der Waals surface area contributed by atoms with Crippen LogP contribution in [-0.2, 0) is 4.57 Å². The summed E-state index contributed by atoms with van der Waals surface area (Å²) in [5.41, 5.74) is 4.16. The van der Waals surface area contributed by atoms with E-state index in [9.17, 15) is 4.57 Å². The first-order chi connectivity index (χ1) is 19.0. The van der Waals surface area contributed by atoms with E-state index in [0.717, 1.165) is 24.2 Å². The molecule has 0 amide bonds. The maximum atomic E-state index is 14.7. The smallest absolute Gasteiger partial charge is 0.196 e. The number of nitrogens with zero attached hydrogens (tertiary/aromatic N) is 2. The minimum atomic E-state index is -3.22. The number of halogens is 2. The third-order valence-electron chi connectivity index (χ3n) is 7.02. The summed E-state index contributed by atoms with van der Waals surface area (Å²) < 4.78 is 16.8. The highest BCUT2D eigenvalue weighted by molar-refractivity contribution is 7.68. The van der Waals surface area contributed by atoms with E-state index in [2.05, 4.69) is 53.4 Å². The Kier molecular flexibility index (Phi) is 9.19. The fraction of sp³-hybridized carbons (Fsp3) is 0.152. The normalized spacial score (nSPS) is 16.0. The molecule has 0 atom stereocenters. The SMILES string of the molecule is O=P(/C=C(\Cl)c1ccccc1)(/C=C(\Cl)c1ccccc1)N1CCN(C(c2ccccc2)c2ccccc2)CC1. The van der Waals surface area contributed by atoms with Crippen molar-refractivity contribution in [2.24, 2.45) is 0 Å². The van der Waals surface area contributed by atoms with E-state index in [1.165, 1.54) is 11.1 Å². The van der Waals surface area contributed by atoms with Gasteiger partial charge in [0.2, 0.25) is 0 Å². The third-order valence-corrected chi connectivity index (χ3v) is 10.5. The molecule has 0 bridgehead atoms. The number of hydrogen-bond donors (Lipinski definition) is 0. The Labute approximate surface area is 241 Å². The standard InChI is InChI=1S/C33H31Cl2N2OP/c34-31(27-13-5-1-6-14-27)25-39(38,26-32(35)28-15-7-2-8-16-28)37-23-21-36(22-24-37)33(29-17-9-3-10-18-29)30-19-11-4-12-20-30/h1-20,25-26,33H,21-24H2/b31-25-,32-26-. The Bertz CT molecular complexity index is 1350. The molecule has 4 aromatic rings. The van der Waals surface area contributed by atoms with Crippen LogP contribution in [0.25, 0.3) is 10.1 Å². The molecule has 0 N–H and O–H groups in total. The van der Waals surface area contributed by atoms with Crippen molar-refractivity contribution in [3.63, 3.8) is 0 Å². The molecule has 198 valence electrons. The van der Waals surface area contributed by atoms with Crippen molar-refractivity contribution in [2.75, 3.05) is 26.2 Å². The van der Waals surface area contributed by atoms with E-state index in [-0.39, 0.29) is 6.04 Å². The number of rotatable bonds is 8. The Balaban J connectivity index is 1.45. The van der Waals surface area contributed by atoms with Crippen molar-refractivity contribution in [1.82, 2.24) is 9.57 Å². The minimum Gasteiger partial charge on any atom is -0.297 e. The Morgan fingerprint density at radius 3 is 1.33 bits per heavy atom. The van der Waals surface area contributed by atoms with Gasteiger partial charge in [0.1, 0.15) is 0 Å². The van der Waals surface area contributed by atoms with Gasteiger partial charge in [0.05, 0.1) is 16.1 Å². The molecule has 4 aromatic carbocycles. The molecule has 3 nitrogen and oxygen atoms in total. The van der Waals surface area contributed by atoms with Gasteiger partial charge in [-0.15, -0.1) is 0 Å².